The molecule has 0 aliphatic carbocycles. The number of sulfonamides is 1. The van der Waals surface area contributed by atoms with E-state index in [1.807, 2.05) is 13.8 Å². The van der Waals surface area contributed by atoms with Gasteiger partial charge in [-0.15, -0.1) is 0 Å². The molecule has 0 bridgehead atoms. The van der Waals surface area contributed by atoms with E-state index in [-0.39, 0.29) is 5.56 Å². The van der Waals surface area contributed by atoms with Crippen molar-refractivity contribution in [2.75, 3.05) is 0 Å². The molecule has 1 aromatic rings. The Bertz CT molecular complexity index is 587. The second kappa shape index (κ2) is 6.35. The van der Waals surface area contributed by atoms with Gasteiger partial charge in [-0.3, -0.25) is 4.79 Å². The van der Waals surface area contributed by atoms with Crippen LogP contribution in [0.1, 0.15) is 29.8 Å². The van der Waals surface area contributed by atoms with Gasteiger partial charge in [-0.05, 0) is 36.1 Å². The minimum Gasteiger partial charge on any atom is -0.292 e. The minimum atomic E-state index is -3.96. The Morgan fingerprint density at radius 2 is 2.00 bits per heavy atom. The van der Waals surface area contributed by atoms with Crippen molar-refractivity contribution in [2.45, 2.75) is 24.4 Å². The fourth-order valence-electron chi connectivity index (χ4n) is 1.60. The van der Waals surface area contributed by atoms with Crippen LogP contribution in [0.5, 0.6) is 0 Å². The number of nitrogens with two attached hydrogens (primary N) is 1. The Labute approximate surface area is 126 Å². The number of primary sulfonamides is 1. The summed E-state index contributed by atoms with van der Waals surface area (Å²) in [5, 5.41) is 5.51. The van der Waals surface area contributed by atoms with E-state index in [1.54, 1.807) is 12.1 Å². The molecule has 0 aliphatic heterocycles. The van der Waals surface area contributed by atoms with E-state index in [0.29, 0.717) is 17.4 Å². The predicted molar refractivity (Wildman–Crippen MR) is 80.1 cm³/mol. The van der Waals surface area contributed by atoms with Crippen molar-refractivity contribution in [3.05, 3.63) is 34.3 Å². The highest BCUT2D eigenvalue weighted by molar-refractivity contribution is 9.11. The molecule has 4 nitrogen and oxygen atoms in total. The Balaban J connectivity index is 3.12. The monoisotopic (exact) mass is 367 g/mol. The van der Waals surface area contributed by atoms with Gasteiger partial charge in [0.1, 0.15) is 0 Å². The average Bonchev–Trinajstić information content (AvgIpc) is 2.28. The first-order chi connectivity index (χ1) is 8.62. The number of carbonyl (C=O) groups is 1. The third-order valence-electron chi connectivity index (χ3n) is 2.45. The predicted octanol–water partition coefficient (Wildman–Crippen LogP) is 2.73. The zero-order chi connectivity index (χ0) is 14.8. The number of ketones is 1. The number of carbonyl (C=O) groups excluding carboxylic acids is 1. The molecule has 0 amide bonds. The van der Waals surface area contributed by atoms with E-state index < -0.39 is 20.0 Å². The lowest BCUT2D eigenvalue weighted by Gasteiger charge is -2.11. The van der Waals surface area contributed by atoms with E-state index >= 15 is 0 Å². The molecule has 1 atom stereocenters. The number of halogens is 2. The molecule has 0 aliphatic rings. The molecule has 2 N–H and O–H groups in total. The molecule has 0 heterocycles. The van der Waals surface area contributed by atoms with Gasteiger partial charge in [0.05, 0.1) is 0 Å². The maximum absolute atomic E-state index is 12.0. The van der Waals surface area contributed by atoms with E-state index in [1.165, 1.54) is 6.07 Å². The normalized spacial score (nSPS) is 13.6. The fraction of sp³-hybridized carbons (Fsp3) is 0.417. The van der Waals surface area contributed by atoms with Crippen LogP contribution < -0.4 is 5.14 Å². The van der Waals surface area contributed by atoms with Crippen molar-refractivity contribution in [1.29, 1.82) is 0 Å². The molecule has 1 rings (SSSR count). The Hall–Kier alpha value is -0.430. The van der Waals surface area contributed by atoms with Gasteiger partial charge in [-0.1, -0.05) is 41.4 Å². The number of hydrogen-bond donors (Lipinski definition) is 1. The van der Waals surface area contributed by atoms with Gasteiger partial charge in [0.25, 0.3) is 0 Å². The van der Waals surface area contributed by atoms with Crippen molar-refractivity contribution in [3.63, 3.8) is 0 Å². The lowest BCUT2D eigenvalue weighted by atomic mass is 10.00. The maximum Gasteiger partial charge on any atom is 0.229 e. The Kier molecular flexibility index (Phi) is 5.55. The fourth-order valence-corrected chi connectivity index (χ4v) is 2.50. The van der Waals surface area contributed by atoms with Crippen molar-refractivity contribution in [1.82, 2.24) is 0 Å². The standard InChI is InChI=1S/C12H15BrClNO3S/c1-7(2)5-9-6-8(3-4-10(9)14)11(16)12(13)19(15,17)18/h3-4,6-7,12H,5H2,1-2H3,(H2,15,17,18). The Morgan fingerprint density at radius 3 is 2.47 bits per heavy atom. The summed E-state index contributed by atoms with van der Waals surface area (Å²) in [7, 11) is -3.96. The quantitative estimate of drug-likeness (QED) is 0.641. The van der Waals surface area contributed by atoms with Crippen LogP contribution in [0, 0.1) is 5.92 Å². The van der Waals surface area contributed by atoms with Gasteiger partial charge < -0.3 is 0 Å². The summed E-state index contributed by atoms with van der Waals surface area (Å²) >= 11 is 8.85. The summed E-state index contributed by atoms with van der Waals surface area (Å²) in [5.74, 6) is -0.218. The molecule has 19 heavy (non-hydrogen) atoms. The highest BCUT2D eigenvalue weighted by Gasteiger charge is 2.27. The van der Waals surface area contributed by atoms with Crippen molar-refractivity contribution >= 4 is 43.3 Å². The summed E-state index contributed by atoms with van der Waals surface area (Å²) in [5.41, 5.74) is 1.09. The number of alkyl halides is 1. The van der Waals surface area contributed by atoms with Crippen molar-refractivity contribution in [2.24, 2.45) is 11.1 Å². The van der Waals surface area contributed by atoms with Gasteiger partial charge in [0.15, 0.2) is 9.94 Å². The third kappa shape index (κ3) is 4.56. The van der Waals surface area contributed by atoms with E-state index in [0.717, 1.165) is 5.56 Å². The van der Waals surface area contributed by atoms with Crippen molar-refractivity contribution in [3.8, 4) is 0 Å². The molecule has 0 fully saturated rings. The zero-order valence-corrected chi connectivity index (χ0v) is 13.7. The first kappa shape index (κ1) is 16.6. The largest absolute Gasteiger partial charge is 0.292 e. The molecule has 0 radical (unpaired) electrons. The van der Waals surface area contributed by atoms with Gasteiger partial charge >= 0.3 is 0 Å². The van der Waals surface area contributed by atoms with Gasteiger partial charge in [0.2, 0.25) is 10.0 Å². The average molecular weight is 369 g/mol. The molecule has 106 valence electrons. The molecule has 0 aromatic heterocycles. The number of rotatable bonds is 5. The van der Waals surface area contributed by atoms with Crippen molar-refractivity contribution < 1.29 is 13.2 Å². The Morgan fingerprint density at radius 1 is 1.42 bits per heavy atom. The molecule has 0 saturated heterocycles. The van der Waals surface area contributed by atoms with Crippen LogP contribution in [-0.4, -0.2) is 18.4 Å². The number of hydrogen-bond acceptors (Lipinski definition) is 3. The molecular formula is C12H15BrClNO3S. The topological polar surface area (TPSA) is 77.2 Å². The van der Waals surface area contributed by atoms with Crippen LogP contribution in [0.4, 0.5) is 0 Å². The van der Waals surface area contributed by atoms with Crippen LogP contribution >= 0.6 is 27.5 Å². The van der Waals surface area contributed by atoms with Gasteiger partial charge in [-0.25, -0.2) is 13.6 Å². The van der Waals surface area contributed by atoms with E-state index in [4.69, 9.17) is 16.7 Å². The van der Waals surface area contributed by atoms with Crippen LogP contribution in [0.3, 0.4) is 0 Å². The highest BCUT2D eigenvalue weighted by Crippen LogP contribution is 2.23. The van der Waals surface area contributed by atoms with E-state index in [9.17, 15) is 13.2 Å². The van der Waals surface area contributed by atoms with Crippen LogP contribution in [0.2, 0.25) is 5.02 Å². The molecule has 0 spiro atoms. The minimum absolute atomic E-state index is 0.274. The lowest BCUT2D eigenvalue weighted by molar-refractivity contribution is 0.101. The summed E-state index contributed by atoms with van der Waals surface area (Å²) in [6.07, 6.45) is 0.711. The molecular weight excluding hydrogens is 354 g/mol. The summed E-state index contributed by atoms with van der Waals surface area (Å²) in [6.45, 7) is 4.06. The smallest absolute Gasteiger partial charge is 0.229 e. The molecule has 1 unspecified atom stereocenters. The second-order valence-electron chi connectivity index (χ2n) is 4.67. The van der Waals surface area contributed by atoms with E-state index in [2.05, 4.69) is 15.9 Å². The lowest BCUT2D eigenvalue weighted by Crippen LogP contribution is -2.30. The van der Waals surface area contributed by atoms with Crippen LogP contribution in [0.25, 0.3) is 0 Å². The summed E-state index contributed by atoms with van der Waals surface area (Å²) in [4.78, 5) is 12.0. The first-order valence-electron chi connectivity index (χ1n) is 5.61. The SMILES string of the molecule is CC(C)Cc1cc(C(=O)C(Br)S(N)(=O)=O)ccc1Cl. The second-order valence-corrected chi connectivity index (χ2v) is 8.25. The van der Waals surface area contributed by atoms with Crippen LogP contribution in [-0.2, 0) is 16.4 Å². The maximum atomic E-state index is 12.0. The highest BCUT2D eigenvalue weighted by atomic mass is 79.9. The molecule has 1 aromatic carbocycles. The molecule has 0 saturated carbocycles. The number of benzene rings is 1. The van der Waals surface area contributed by atoms with Gasteiger partial charge in [-0.2, -0.15) is 0 Å². The third-order valence-corrected chi connectivity index (χ3v) is 5.59. The van der Waals surface area contributed by atoms with Gasteiger partial charge in [0, 0.05) is 10.6 Å². The first-order valence-corrected chi connectivity index (χ1v) is 8.51. The number of Topliss-reactive ketones (excluding diaryl/α,β-unsaturated/α-hetero) is 1. The van der Waals surface area contributed by atoms with Crippen LogP contribution in [0.15, 0.2) is 18.2 Å². The zero-order valence-electron chi connectivity index (χ0n) is 10.6. The summed E-state index contributed by atoms with van der Waals surface area (Å²) < 4.78 is 20.9. The molecule has 7 heteroatoms. The summed E-state index contributed by atoms with van der Waals surface area (Å²) in [6, 6.07) is 4.70.